The summed E-state index contributed by atoms with van der Waals surface area (Å²) in [6.45, 7) is 12.3. The van der Waals surface area contributed by atoms with Gasteiger partial charge in [-0.1, -0.05) is 38.1 Å². The molecule has 2 aromatic heterocycles. The van der Waals surface area contributed by atoms with Gasteiger partial charge < -0.3 is 9.26 Å². The monoisotopic (exact) mass is 483 g/mol. The molecule has 7 nitrogen and oxygen atoms in total. The Labute approximate surface area is 202 Å². The van der Waals surface area contributed by atoms with E-state index in [9.17, 15) is 8.42 Å². The molecule has 0 N–H and O–H groups in total. The van der Waals surface area contributed by atoms with Gasteiger partial charge in [0.2, 0.25) is 5.88 Å². The van der Waals surface area contributed by atoms with Gasteiger partial charge in [0.1, 0.15) is 11.5 Å². The topological polar surface area (TPSA) is 85.5 Å². The van der Waals surface area contributed by atoms with Crippen molar-refractivity contribution in [1.82, 2.24) is 15.0 Å². The standard InChI is InChI=1S/C26H33N3O4S/c1-6-32-25-10-8-20(15-27-25)18(2)29-12-11-19-7-9-23(13-21(19)16-29)34(30,31)17-22-14-24(33-28-22)26(3,4)5/h7-10,13-15,18H,6,11-12,16-17H2,1-5H3/t18-/m1/s1. The average Bonchev–Trinajstić information content (AvgIpc) is 3.27. The van der Waals surface area contributed by atoms with Crippen LogP contribution in [-0.4, -0.2) is 36.6 Å². The molecule has 0 bridgehead atoms. The van der Waals surface area contributed by atoms with Crippen LogP contribution in [0.15, 0.2) is 52.0 Å². The summed E-state index contributed by atoms with van der Waals surface area (Å²) >= 11 is 0. The zero-order valence-electron chi connectivity index (χ0n) is 20.5. The highest BCUT2D eigenvalue weighted by atomic mass is 32.2. The van der Waals surface area contributed by atoms with Gasteiger partial charge in [0.25, 0.3) is 0 Å². The van der Waals surface area contributed by atoms with Crippen molar-refractivity contribution >= 4 is 9.84 Å². The number of benzene rings is 1. The fourth-order valence-corrected chi connectivity index (χ4v) is 5.46. The molecular weight excluding hydrogens is 450 g/mol. The van der Waals surface area contributed by atoms with Gasteiger partial charge in [0.15, 0.2) is 9.84 Å². The van der Waals surface area contributed by atoms with Crippen molar-refractivity contribution in [3.05, 3.63) is 70.7 Å². The number of hydrogen-bond donors (Lipinski definition) is 0. The zero-order valence-corrected chi connectivity index (χ0v) is 21.4. The highest BCUT2D eigenvalue weighted by Crippen LogP contribution is 2.30. The molecule has 34 heavy (non-hydrogen) atoms. The summed E-state index contributed by atoms with van der Waals surface area (Å²) in [6.07, 6.45) is 2.73. The lowest BCUT2D eigenvalue weighted by atomic mass is 9.93. The van der Waals surface area contributed by atoms with Gasteiger partial charge in [-0.15, -0.1) is 0 Å². The molecule has 182 valence electrons. The largest absolute Gasteiger partial charge is 0.478 e. The first-order valence-corrected chi connectivity index (χ1v) is 13.4. The second-order valence-corrected chi connectivity index (χ2v) is 11.9. The van der Waals surface area contributed by atoms with E-state index in [1.54, 1.807) is 12.1 Å². The van der Waals surface area contributed by atoms with Gasteiger partial charge in [-0.05, 0) is 49.1 Å². The Bertz CT molecular complexity index is 1240. The molecule has 0 amide bonds. The summed E-state index contributed by atoms with van der Waals surface area (Å²) in [7, 11) is -3.54. The predicted molar refractivity (Wildman–Crippen MR) is 130 cm³/mol. The molecule has 4 rings (SSSR count). The molecule has 0 saturated carbocycles. The molecular formula is C26H33N3O4S. The summed E-state index contributed by atoms with van der Waals surface area (Å²) in [4.78, 5) is 7.06. The molecule has 1 aromatic carbocycles. The van der Waals surface area contributed by atoms with E-state index in [2.05, 4.69) is 22.0 Å². The summed E-state index contributed by atoms with van der Waals surface area (Å²) in [5.41, 5.74) is 3.56. The third kappa shape index (κ3) is 5.33. The minimum absolute atomic E-state index is 0.155. The highest BCUT2D eigenvalue weighted by molar-refractivity contribution is 7.90. The van der Waals surface area contributed by atoms with Crippen LogP contribution in [0, 0.1) is 0 Å². The van der Waals surface area contributed by atoms with E-state index < -0.39 is 9.84 Å². The van der Waals surface area contributed by atoms with Crippen molar-refractivity contribution in [2.45, 2.75) is 69.7 Å². The molecule has 8 heteroatoms. The number of pyridine rings is 1. The van der Waals surface area contributed by atoms with E-state index >= 15 is 0 Å². The summed E-state index contributed by atoms with van der Waals surface area (Å²) in [5.74, 6) is 1.12. The molecule has 0 aliphatic carbocycles. The summed E-state index contributed by atoms with van der Waals surface area (Å²) < 4.78 is 37.1. The second kappa shape index (κ2) is 9.50. The molecule has 3 aromatic rings. The van der Waals surface area contributed by atoms with E-state index in [0.717, 1.165) is 24.1 Å². The lowest BCUT2D eigenvalue weighted by Gasteiger charge is -2.34. The molecule has 0 unspecified atom stereocenters. The van der Waals surface area contributed by atoms with Gasteiger partial charge in [-0.3, -0.25) is 4.90 Å². The molecule has 0 saturated heterocycles. The van der Waals surface area contributed by atoms with Crippen LogP contribution in [0.4, 0.5) is 0 Å². The van der Waals surface area contributed by atoms with Crippen LogP contribution in [-0.2, 0) is 34.0 Å². The van der Waals surface area contributed by atoms with Gasteiger partial charge in [0, 0.05) is 42.9 Å². The average molecular weight is 484 g/mol. The van der Waals surface area contributed by atoms with Gasteiger partial charge in [-0.2, -0.15) is 0 Å². The number of aromatic nitrogens is 2. The number of nitrogens with zero attached hydrogens (tertiary/aromatic N) is 3. The van der Waals surface area contributed by atoms with Crippen molar-refractivity contribution in [2.24, 2.45) is 0 Å². The molecule has 0 radical (unpaired) electrons. The van der Waals surface area contributed by atoms with E-state index in [1.165, 1.54) is 5.56 Å². The van der Waals surface area contributed by atoms with Crippen molar-refractivity contribution in [2.75, 3.05) is 13.2 Å². The van der Waals surface area contributed by atoms with Crippen molar-refractivity contribution < 1.29 is 17.7 Å². The van der Waals surface area contributed by atoms with Crippen LogP contribution in [0.2, 0.25) is 0 Å². The van der Waals surface area contributed by atoms with Gasteiger partial charge in [-0.25, -0.2) is 13.4 Å². The Morgan fingerprint density at radius 2 is 1.94 bits per heavy atom. The normalized spacial score (nSPS) is 15.7. The Balaban J connectivity index is 1.50. The molecule has 1 atom stereocenters. The minimum atomic E-state index is -3.54. The molecule has 1 aliphatic rings. The Morgan fingerprint density at radius 1 is 1.15 bits per heavy atom. The Kier molecular flexibility index (Phi) is 6.82. The number of fused-ring (bicyclic) bond motifs is 1. The van der Waals surface area contributed by atoms with Crippen LogP contribution < -0.4 is 4.74 Å². The van der Waals surface area contributed by atoms with Crippen molar-refractivity contribution in [3.8, 4) is 5.88 Å². The van der Waals surface area contributed by atoms with Gasteiger partial charge in [0.05, 0.1) is 17.2 Å². The van der Waals surface area contributed by atoms with E-state index in [4.69, 9.17) is 9.26 Å². The lowest BCUT2D eigenvalue weighted by molar-refractivity contribution is 0.191. The summed E-state index contributed by atoms with van der Waals surface area (Å²) in [6, 6.07) is 11.3. The van der Waals surface area contributed by atoms with Crippen LogP contribution in [0.25, 0.3) is 0 Å². The number of sulfone groups is 1. The quantitative estimate of drug-likeness (QED) is 0.474. The lowest BCUT2D eigenvalue weighted by Crippen LogP contribution is -2.33. The maximum absolute atomic E-state index is 13.2. The number of hydrogen-bond acceptors (Lipinski definition) is 7. The molecule has 1 aliphatic heterocycles. The fourth-order valence-electron chi connectivity index (χ4n) is 4.17. The van der Waals surface area contributed by atoms with Crippen LogP contribution in [0.3, 0.4) is 0 Å². The minimum Gasteiger partial charge on any atom is -0.478 e. The Hall–Kier alpha value is -2.71. The van der Waals surface area contributed by atoms with E-state index in [0.29, 0.717) is 35.4 Å². The number of ether oxygens (including phenoxy) is 1. The van der Waals surface area contributed by atoms with Crippen molar-refractivity contribution in [1.29, 1.82) is 0 Å². The fraction of sp³-hybridized carbons (Fsp3) is 0.462. The van der Waals surface area contributed by atoms with Crippen LogP contribution >= 0.6 is 0 Å². The van der Waals surface area contributed by atoms with E-state index in [1.807, 2.05) is 58.2 Å². The zero-order chi connectivity index (χ0) is 24.5. The third-order valence-corrected chi connectivity index (χ3v) is 7.94. The van der Waals surface area contributed by atoms with Crippen LogP contribution in [0.1, 0.15) is 68.8 Å². The molecule has 3 heterocycles. The van der Waals surface area contributed by atoms with Crippen molar-refractivity contribution in [3.63, 3.8) is 0 Å². The SMILES string of the molecule is CCOc1ccc([C@@H](C)N2CCc3ccc(S(=O)(=O)Cc4cc(C(C)(C)C)on4)cc3C2)cn1. The maximum Gasteiger partial charge on any atom is 0.213 e. The molecule has 0 spiro atoms. The second-order valence-electron chi connectivity index (χ2n) is 9.88. The smallest absolute Gasteiger partial charge is 0.213 e. The Morgan fingerprint density at radius 3 is 2.59 bits per heavy atom. The third-order valence-electron chi connectivity index (χ3n) is 6.30. The number of rotatable bonds is 7. The molecule has 0 fully saturated rings. The first-order valence-electron chi connectivity index (χ1n) is 11.7. The van der Waals surface area contributed by atoms with Gasteiger partial charge >= 0.3 is 0 Å². The first kappa shape index (κ1) is 24.4. The summed E-state index contributed by atoms with van der Waals surface area (Å²) in [5, 5.41) is 3.99. The van der Waals surface area contributed by atoms with E-state index in [-0.39, 0.29) is 17.2 Å². The first-order chi connectivity index (χ1) is 16.1. The highest BCUT2D eigenvalue weighted by Gasteiger charge is 2.26. The van der Waals surface area contributed by atoms with Crippen LogP contribution in [0.5, 0.6) is 5.88 Å². The maximum atomic E-state index is 13.2. The predicted octanol–water partition coefficient (Wildman–Crippen LogP) is 4.86.